The van der Waals surface area contributed by atoms with Gasteiger partial charge in [-0.1, -0.05) is 63.2 Å². The average molecular weight is 1010 g/mol. The first-order chi connectivity index (χ1) is 34.7. The van der Waals surface area contributed by atoms with Gasteiger partial charge in [0.05, 0.1) is 73.9 Å². The van der Waals surface area contributed by atoms with Gasteiger partial charge in [0.15, 0.2) is 5.82 Å². The second kappa shape index (κ2) is 23.1. The van der Waals surface area contributed by atoms with Crippen LogP contribution in [0.15, 0.2) is 78.4 Å². The van der Waals surface area contributed by atoms with Crippen molar-refractivity contribution in [3.05, 3.63) is 95.5 Å². The lowest BCUT2D eigenvalue weighted by molar-refractivity contribution is -0.144. The lowest BCUT2D eigenvalue weighted by Crippen LogP contribution is -2.57. The first-order valence-corrected chi connectivity index (χ1v) is 24.9. The number of rotatable bonds is 19. The van der Waals surface area contributed by atoms with Gasteiger partial charge in [-0.2, -0.15) is 5.10 Å². The molecular formula is C52H61FN10O8S. The van der Waals surface area contributed by atoms with Gasteiger partial charge in [-0.25, -0.2) is 19.3 Å². The monoisotopic (exact) mass is 1000 g/mol. The highest BCUT2D eigenvalue weighted by Gasteiger charge is 2.44. The first kappa shape index (κ1) is 51.5. The SMILES string of the molecule is COc1cccc(F)c1-c1ncc2[nH]nc(-c3ccc(N4CCN(C(=O)CCOCCOCCC(=O)N[C@H](C(=O)N5C[C@H](O)C[C@H]5C(=O)NCc5ccc(-c6scnc6C)cc5)C(C)(C)C)CC4)cc3)c2n1. The van der Waals surface area contributed by atoms with E-state index in [-0.39, 0.29) is 87.9 Å². The number of piperazine rings is 1. The summed E-state index contributed by atoms with van der Waals surface area (Å²) in [6.45, 7) is 10.9. The fourth-order valence-corrected chi connectivity index (χ4v) is 9.70. The average Bonchev–Trinajstić information content (AvgIpc) is 4.13. The number of hydrogen-bond donors (Lipinski definition) is 4. The minimum Gasteiger partial charge on any atom is -0.496 e. The number of ether oxygens (including phenoxy) is 3. The number of nitrogens with one attached hydrogen (secondary N) is 3. The molecular weight excluding hydrogens is 944 g/mol. The Labute approximate surface area is 421 Å². The maximum atomic E-state index is 14.8. The van der Waals surface area contributed by atoms with E-state index in [4.69, 9.17) is 14.2 Å². The molecule has 0 saturated carbocycles. The number of amides is 4. The van der Waals surface area contributed by atoms with Crippen molar-refractivity contribution in [2.75, 3.05) is 71.2 Å². The second-order valence-electron chi connectivity index (χ2n) is 18.9. The number of β-amino-alcohol motifs (C(OH)–C–C–N with tert-alkyl or cyclic N) is 1. The number of aromatic amines is 1. The van der Waals surface area contributed by atoms with Crippen LogP contribution < -0.4 is 20.3 Å². The number of aliphatic hydroxyl groups is 1. The topological polar surface area (TPSA) is 217 Å². The number of aromatic nitrogens is 5. The Hall–Kier alpha value is -6.87. The van der Waals surface area contributed by atoms with Gasteiger partial charge < -0.3 is 44.7 Å². The van der Waals surface area contributed by atoms with Crippen LogP contribution in [0.1, 0.15) is 51.3 Å². The number of hydrogen-bond acceptors (Lipinski definition) is 14. The van der Waals surface area contributed by atoms with Crippen LogP contribution in [-0.4, -0.2) is 148 Å². The number of aliphatic hydroxyl groups excluding tert-OH is 1. The number of aryl methyl sites for hydroxylation is 1. The van der Waals surface area contributed by atoms with E-state index < -0.39 is 35.3 Å². The van der Waals surface area contributed by atoms with E-state index in [1.54, 1.807) is 29.7 Å². The Bertz CT molecular complexity index is 2850. The zero-order valence-electron chi connectivity index (χ0n) is 41.2. The third-order valence-corrected chi connectivity index (χ3v) is 13.9. The highest BCUT2D eigenvalue weighted by molar-refractivity contribution is 7.13. The van der Waals surface area contributed by atoms with Crippen molar-refractivity contribution in [1.82, 2.24) is 45.6 Å². The van der Waals surface area contributed by atoms with Gasteiger partial charge in [-0.05, 0) is 47.7 Å². The van der Waals surface area contributed by atoms with Crippen LogP contribution in [0.5, 0.6) is 5.75 Å². The summed E-state index contributed by atoms with van der Waals surface area (Å²) in [6.07, 6.45) is 1.02. The minimum absolute atomic E-state index is 0.00450. The van der Waals surface area contributed by atoms with E-state index in [1.807, 2.05) is 86.6 Å². The molecule has 72 heavy (non-hydrogen) atoms. The molecule has 4 N–H and O–H groups in total. The normalized spacial score (nSPS) is 16.5. The van der Waals surface area contributed by atoms with Crippen molar-refractivity contribution < 1.29 is 42.9 Å². The molecule has 3 aromatic carbocycles. The molecule has 0 spiro atoms. The molecule has 6 aromatic rings. The molecule has 2 fully saturated rings. The second-order valence-corrected chi connectivity index (χ2v) is 19.8. The van der Waals surface area contributed by atoms with Crippen molar-refractivity contribution in [2.24, 2.45) is 5.41 Å². The summed E-state index contributed by atoms with van der Waals surface area (Å²) in [4.78, 5) is 73.4. The van der Waals surface area contributed by atoms with Crippen LogP contribution in [0.4, 0.5) is 10.1 Å². The van der Waals surface area contributed by atoms with Gasteiger partial charge in [0.25, 0.3) is 0 Å². The van der Waals surface area contributed by atoms with Crippen molar-refractivity contribution in [3.8, 4) is 38.8 Å². The summed E-state index contributed by atoms with van der Waals surface area (Å²) in [6, 6.07) is 18.5. The van der Waals surface area contributed by atoms with E-state index >= 15 is 0 Å². The van der Waals surface area contributed by atoms with Crippen molar-refractivity contribution in [1.29, 1.82) is 0 Å². The Balaban J connectivity index is 0.718. The zero-order valence-corrected chi connectivity index (χ0v) is 42.0. The maximum absolute atomic E-state index is 14.8. The van der Waals surface area contributed by atoms with E-state index in [0.29, 0.717) is 48.7 Å². The maximum Gasteiger partial charge on any atom is 0.246 e. The molecule has 0 bridgehead atoms. The number of carbonyl (C=O) groups excluding carboxylic acids is 4. The van der Waals surface area contributed by atoms with E-state index in [2.05, 4.69) is 40.7 Å². The highest BCUT2D eigenvalue weighted by Crippen LogP contribution is 2.34. The van der Waals surface area contributed by atoms with E-state index in [0.717, 1.165) is 32.9 Å². The van der Waals surface area contributed by atoms with Crippen LogP contribution in [0.3, 0.4) is 0 Å². The van der Waals surface area contributed by atoms with Crippen LogP contribution in [-0.2, 0) is 35.2 Å². The van der Waals surface area contributed by atoms with Crippen LogP contribution in [0, 0.1) is 18.2 Å². The zero-order chi connectivity index (χ0) is 50.9. The minimum atomic E-state index is -0.952. The molecule has 2 aliphatic heterocycles. The number of fused-ring (bicyclic) bond motifs is 1. The molecule has 0 aliphatic carbocycles. The predicted octanol–water partition coefficient (Wildman–Crippen LogP) is 5.54. The molecule has 18 nitrogen and oxygen atoms in total. The molecule has 20 heteroatoms. The fourth-order valence-electron chi connectivity index (χ4n) is 8.89. The van der Waals surface area contributed by atoms with Crippen molar-refractivity contribution in [3.63, 3.8) is 0 Å². The number of methoxy groups -OCH3 is 1. The van der Waals surface area contributed by atoms with Gasteiger partial charge in [0, 0.05) is 63.4 Å². The Morgan fingerprint density at radius 3 is 2.31 bits per heavy atom. The third-order valence-electron chi connectivity index (χ3n) is 12.9. The van der Waals surface area contributed by atoms with Crippen LogP contribution >= 0.6 is 11.3 Å². The molecule has 3 aromatic heterocycles. The van der Waals surface area contributed by atoms with Crippen molar-refractivity contribution >= 4 is 51.7 Å². The Morgan fingerprint density at radius 2 is 1.62 bits per heavy atom. The number of thiazole rings is 1. The van der Waals surface area contributed by atoms with Crippen molar-refractivity contribution in [2.45, 2.75) is 71.7 Å². The number of anilines is 1. The predicted molar refractivity (Wildman–Crippen MR) is 270 cm³/mol. The number of nitrogens with zero attached hydrogens (tertiary/aromatic N) is 7. The number of carbonyl (C=O) groups is 4. The van der Waals surface area contributed by atoms with Gasteiger partial charge >= 0.3 is 0 Å². The molecule has 2 saturated heterocycles. The Kier molecular flexibility index (Phi) is 16.5. The molecule has 2 aliphatic rings. The third kappa shape index (κ3) is 12.2. The molecule has 380 valence electrons. The molecule has 5 heterocycles. The summed E-state index contributed by atoms with van der Waals surface area (Å²) in [5.74, 6) is -1.15. The molecule has 8 rings (SSSR count). The quantitative estimate of drug-likeness (QED) is 0.0735. The van der Waals surface area contributed by atoms with Gasteiger partial charge in [0.1, 0.15) is 40.4 Å². The summed E-state index contributed by atoms with van der Waals surface area (Å²) in [5.41, 5.74) is 7.80. The van der Waals surface area contributed by atoms with E-state index in [1.165, 1.54) is 18.1 Å². The number of likely N-dealkylation sites (tertiary alicyclic amines) is 1. The molecule has 0 radical (unpaired) electrons. The summed E-state index contributed by atoms with van der Waals surface area (Å²) >= 11 is 1.57. The highest BCUT2D eigenvalue weighted by atomic mass is 32.1. The summed E-state index contributed by atoms with van der Waals surface area (Å²) in [5, 5.41) is 23.8. The lowest BCUT2D eigenvalue weighted by Gasteiger charge is -2.36. The fraction of sp³-hybridized carbons (Fsp3) is 0.423. The van der Waals surface area contributed by atoms with Crippen LogP contribution in [0.2, 0.25) is 0 Å². The number of H-pyrrole nitrogens is 1. The van der Waals surface area contributed by atoms with Gasteiger partial charge in [-0.15, -0.1) is 11.3 Å². The van der Waals surface area contributed by atoms with Crippen LogP contribution in [0.25, 0.3) is 44.1 Å². The smallest absolute Gasteiger partial charge is 0.246 e. The lowest BCUT2D eigenvalue weighted by atomic mass is 9.85. The first-order valence-electron chi connectivity index (χ1n) is 24.1. The summed E-state index contributed by atoms with van der Waals surface area (Å²) in [7, 11) is 1.47. The molecule has 0 unspecified atom stereocenters. The molecule has 3 atom stereocenters. The number of benzene rings is 3. The van der Waals surface area contributed by atoms with Gasteiger partial charge in [-0.3, -0.25) is 24.3 Å². The summed E-state index contributed by atoms with van der Waals surface area (Å²) < 4.78 is 31.5. The Morgan fingerprint density at radius 1 is 0.917 bits per heavy atom. The molecule has 4 amide bonds. The van der Waals surface area contributed by atoms with Gasteiger partial charge in [0.2, 0.25) is 23.6 Å². The van der Waals surface area contributed by atoms with E-state index in [9.17, 15) is 28.7 Å². The largest absolute Gasteiger partial charge is 0.496 e. The number of halogens is 1. The standard InChI is InChI=1S/C52H61FN10O8S/c1-32-47(72-31-56-32)35-11-9-33(10-12-35)28-55-50(67)40-27-37(64)30-63(40)51(68)48(52(2,3)4)57-42(65)17-23-70-25-26-71-24-18-43(66)62-21-19-61(20-22-62)36-15-13-34(14-16-36)45-46-39(59-60-45)29-54-49(58-46)44-38(53)7-6-8-41(44)69-5/h6-16,29,31,37,40,48,64H,17-28,30H2,1-5H3,(H,55,67)(H,57,65)(H,59,60)/t37-,40+,48-/m1/s1.